The van der Waals surface area contributed by atoms with Gasteiger partial charge in [-0.3, -0.25) is 0 Å². The molecular formula is C15H20ClNO. The van der Waals surface area contributed by atoms with E-state index in [4.69, 9.17) is 11.6 Å². The van der Waals surface area contributed by atoms with E-state index < -0.39 is 0 Å². The highest BCUT2D eigenvalue weighted by molar-refractivity contribution is 6.31. The van der Waals surface area contributed by atoms with Crippen LogP contribution >= 0.6 is 11.6 Å². The van der Waals surface area contributed by atoms with Gasteiger partial charge < -0.3 is 9.67 Å². The van der Waals surface area contributed by atoms with E-state index in [1.54, 1.807) is 0 Å². The number of hydrogen-bond donors (Lipinski definition) is 1. The summed E-state index contributed by atoms with van der Waals surface area (Å²) in [5, 5.41) is 11.2. The zero-order valence-electron chi connectivity index (χ0n) is 11.2. The molecule has 3 heteroatoms. The van der Waals surface area contributed by atoms with Crippen molar-refractivity contribution in [1.29, 1.82) is 0 Å². The molecule has 0 bridgehead atoms. The molecule has 0 saturated carbocycles. The molecule has 0 unspecified atom stereocenters. The highest BCUT2D eigenvalue weighted by atomic mass is 35.5. The second-order valence-corrected chi connectivity index (χ2v) is 6.41. The lowest BCUT2D eigenvalue weighted by Crippen LogP contribution is -2.09. The van der Waals surface area contributed by atoms with Crippen molar-refractivity contribution >= 4 is 22.5 Å². The molecule has 0 spiro atoms. The molecule has 0 atom stereocenters. The number of benzene rings is 1. The molecule has 2 aromatic rings. The molecular weight excluding hydrogens is 246 g/mol. The van der Waals surface area contributed by atoms with Crippen molar-refractivity contribution in [3.63, 3.8) is 0 Å². The van der Waals surface area contributed by atoms with E-state index in [1.165, 1.54) is 0 Å². The number of halogens is 1. The maximum atomic E-state index is 9.40. The normalized spacial score (nSPS) is 12.3. The molecule has 0 aliphatic heterocycles. The smallest absolute Gasteiger partial charge is 0.0702 e. The monoisotopic (exact) mass is 265 g/mol. The lowest BCUT2D eigenvalue weighted by molar-refractivity contribution is 0.282. The Hall–Kier alpha value is -0.990. The van der Waals surface area contributed by atoms with Crippen LogP contribution in [-0.2, 0) is 13.2 Å². The minimum Gasteiger partial charge on any atom is -0.392 e. The lowest BCUT2D eigenvalue weighted by Gasteiger charge is -2.18. The second-order valence-electron chi connectivity index (χ2n) is 5.98. The molecule has 1 aromatic carbocycles. The fourth-order valence-electron chi connectivity index (χ4n) is 2.11. The number of aliphatic hydroxyl groups excluding tert-OH is 1. The fraction of sp³-hybridized carbons (Fsp3) is 0.467. The summed E-state index contributed by atoms with van der Waals surface area (Å²) in [6.45, 7) is 7.72. The number of aliphatic hydroxyl groups is 1. The molecule has 98 valence electrons. The van der Waals surface area contributed by atoms with Crippen molar-refractivity contribution in [3.8, 4) is 0 Å². The summed E-state index contributed by atoms with van der Waals surface area (Å²) in [7, 11) is 0. The van der Waals surface area contributed by atoms with Crippen LogP contribution in [0, 0.1) is 5.41 Å². The molecule has 0 amide bonds. The van der Waals surface area contributed by atoms with Gasteiger partial charge in [0, 0.05) is 34.2 Å². The summed E-state index contributed by atoms with van der Waals surface area (Å²) in [5.74, 6) is 0. The maximum absolute atomic E-state index is 9.40. The molecule has 1 aromatic heterocycles. The predicted molar refractivity (Wildman–Crippen MR) is 76.9 cm³/mol. The van der Waals surface area contributed by atoms with Crippen LogP contribution in [0.25, 0.3) is 10.9 Å². The number of aryl methyl sites for hydroxylation is 1. The largest absolute Gasteiger partial charge is 0.392 e. The van der Waals surface area contributed by atoms with Gasteiger partial charge in [0.1, 0.15) is 0 Å². The highest BCUT2D eigenvalue weighted by Gasteiger charge is 2.13. The number of rotatable bonds is 3. The third-order valence-corrected chi connectivity index (χ3v) is 3.43. The summed E-state index contributed by atoms with van der Waals surface area (Å²) < 4.78 is 2.19. The van der Waals surface area contributed by atoms with Gasteiger partial charge in [-0.05, 0) is 24.0 Å². The first-order valence-electron chi connectivity index (χ1n) is 6.29. The Kier molecular flexibility index (Phi) is 3.69. The van der Waals surface area contributed by atoms with Gasteiger partial charge in [0.15, 0.2) is 0 Å². The van der Waals surface area contributed by atoms with Crippen molar-refractivity contribution in [2.75, 3.05) is 0 Å². The van der Waals surface area contributed by atoms with Crippen LogP contribution in [0.5, 0.6) is 0 Å². The summed E-state index contributed by atoms with van der Waals surface area (Å²) in [4.78, 5) is 0. The summed E-state index contributed by atoms with van der Waals surface area (Å²) >= 11 is 6.06. The third-order valence-electron chi connectivity index (χ3n) is 3.20. The molecule has 0 fully saturated rings. The van der Waals surface area contributed by atoms with E-state index in [-0.39, 0.29) is 6.61 Å². The standard InChI is InChI=1S/C15H20ClNO/c1-15(2,3)6-7-17-9-11(10-18)13-5-4-12(16)8-14(13)17/h4-5,8-9,18H,6-7,10H2,1-3H3. The van der Waals surface area contributed by atoms with Crippen LogP contribution in [0.1, 0.15) is 32.8 Å². The Labute approximate surface area is 113 Å². The first-order chi connectivity index (χ1) is 8.40. The zero-order valence-corrected chi connectivity index (χ0v) is 12.0. The number of fused-ring (bicyclic) bond motifs is 1. The van der Waals surface area contributed by atoms with E-state index >= 15 is 0 Å². The molecule has 2 rings (SSSR count). The average molecular weight is 266 g/mol. The fourth-order valence-corrected chi connectivity index (χ4v) is 2.27. The average Bonchev–Trinajstić information content (AvgIpc) is 2.63. The van der Waals surface area contributed by atoms with Gasteiger partial charge in [-0.2, -0.15) is 0 Å². The Bertz CT molecular complexity index is 551. The van der Waals surface area contributed by atoms with Crippen molar-refractivity contribution in [1.82, 2.24) is 4.57 Å². The second kappa shape index (κ2) is 4.94. The Morgan fingerprint density at radius 1 is 1.28 bits per heavy atom. The highest BCUT2D eigenvalue weighted by Crippen LogP contribution is 2.27. The SMILES string of the molecule is CC(C)(C)CCn1cc(CO)c2ccc(Cl)cc21. The van der Waals surface area contributed by atoms with E-state index in [2.05, 4.69) is 25.3 Å². The Morgan fingerprint density at radius 2 is 2.00 bits per heavy atom. The summed E-state index contributed by atoms with van der Waals surface area (Å²) in [6, 6.07) is 5.83. The van der Waals surface area contributed by atoms with Gasteiger partial charge in [0.2, 0.25) is 0 Å². The van der Waals surface area contributed by atoms with Crippen molar-refractivity contribution in [3.05, 3.63) is 35.0 Å². The van der Waals surface area contributed by atoms with Gasteiger partial charge in [-0.15, -0.1) is 0 Å². The van der Waals surface area contributed by atoms with Gasteiger partial charge in [-0.1, -0.05) is 38.4 Å². The van der Waals surface area contributed by atoms with Crippen LogP contribution < -0.4 is 0 Å². The van der Waals surface area contributed by atoms with Crippen molar-refractivity contribution < 1.29 is 5.11 Å². The van der Waals surface area contributed by atoms with E-state index in [1.807, 2.05) is 24.4 Å². The van der Waals surface area contributed by atoms with Crippen LogP contribution in [0.2, 0.25) is 5.02 Å². The molecule has 18 heavy (non-hydrogen) atoms. The first kappa shape index (κ1) is 13.4. The van der Waals surface area contributed by atoms with Crippen LogP contribution in [0.3, 0.4) is 0 Å². The van der Waals surface area contributed by atoms with Gasteiger partial charge in [0.25, 0.3) is 0 Å². The minimum absolute atomic E-state index is 0.0701. The topological polar surface area (TPSA) is 25.2 Å². The van der Waals surface area contributed by atoms with E-state index in [0.717, 1.165) is 34.5 Å². The predicted octanol–water partition coefficient (Wildman–Crippen LogP) is 4.22. The van der Waals surface area contributed by atoms with Crippen LogP contribution in [0.15, 0.2) is 24.4 Å². The van der Waals surface area contributed by atoms with Gasteiger partial charge >= 0.3 is 0 Å². The van der Waals surface area contributed by atoms with Crippen molar-refractivity contribution in [2.24, 2.45) is 5.41 Å². The summed E-state index contributed by atoms with van der Waals surface area (Å²) in [5.41, 5.74) is 2.38. The minimum atomic E-state index is 0.0701. The maximum Gasteiger partial charge on any atom is 0.0702 e. The quantitative estimate of drug-likeness (QED) is 0.883. The van der Waals surface area contributed by atoms with E-state index in [0.29, 0.717) is 5.41 Å². The number of hydrogen-bond acceptors (Lipinski definition) is 1. The molecule has 0 aliphatic carbocycles. The Balaban J connectivity index is 2.40. The molecule has 0 radical (unpaired) electrons. The molecule has 0 saturated heterocycles. The van der Waals surface area contributed by atoms with E-state index in [9.17, 15) is 5.11 Å². The third kappa shape index (κ3) is 2.88. The number of aromatic nitrogens is 1. The van der Waals surface area contributed by atoms with Crippen LogP contribution in [-0.4, -0.2) is 9.67 Å². The van der Waals surface area contributed by atoms with Crippen molar-refractivity contribution in [2.45, 2.75) is 40.3 Å². The zero-order chi connectivity index (χ0) is 13.3. The van der Waals surface area contributed by atoms with Crippen LogP contribution in [0.4, 0.5) is 0 Å². The Morgan fingerprint density at radius 3 is 2.61 bits per heavy atom. The lowest BCUT2D eigenvalue weighted by atomic mass is 9.92. The van der Waals surface area contributed by atoms with Gasteiger partial charge in [0.05, 0.1) is 6.61 Å². The molecule has 0 aliphatic rings. The molecule has 1 heterocycles. The molecule has 1 N–H and O–H groups in total. The molecule has 2 nitrogen and oxygen atoms in total. The first-order valence-corrected chi connectivity index (χ1v) is 6.67. The van der Waals surface area contributed by atoms with Gasteiger partial charge in [-0.25, -0.2) is 0 Å². The summed E-state index contributed by atoms with van der Waals surface area (Å²) in [6.07, 6.45) is 3.13. The number of nitrogens with zero attached hydrogens (tertiary/aromatic N) is 1.